The number of ether oxygens (including phenoxy) is 1. The maximum atomic E-state index is 5.28. The van der Waals surface area contributed by atoms with Crippen LogP contribution in [-0.2, 0) is 13.1 Å². The van der Waals surface area contributed by atoms with E-state index in [0.29, 0.717) is 6.04 Å². The first-order chi connectivity index (χ1) is 13.3. The van der Waals surface area contributed by atoms with Gasteiger partial charge in [-0.3, -0.25) is 9.89 Å². The van der Waals surface area contributed by atoms with E-state index < -0.39 is 0 Å². The van der Waals surface area contributed by atoms with Crippen LogP contribution >= 0.6 is 0 Å². The Hall–Kier alpha value is -2.53. The van der Waals surface area contributed by atoms with E-state index in [2.05, 4.69) is 56.9 Å². The van der Waals surface area contributed by atoms with Crippen molar-refractivity contribution in [1.29, 1.82) is 0 Å². The number of nitrogens with zero attached hydrogens (tertiary/aromatic N) is 2. The normalized spacial score (nSPS) is 16.1. The van der Waals surface area contributed by atoms with Gasteiger partial charge in [0.1, 0.15) is 5.75 Å². The number of hydrogen-bond acceptors (Lipinski definition) is 3. The van der Waals surface area contributed by atoms with Gasteiger partial charge < -0.3 is 15.4 Å². The molecule has 144 valence electrons. The lowest BCUT2D eigenvalue weighted by Gasteiger charge is -2.33. The van der Waals surface area contributed by atoms with E-state index in [9.17, 15) is 0 Å². The quantitative estimate of drug-likeness (QED) is 0.609. The number of benzene rings is 2. The van der Waals surface area contributed by atoms with Gasteiger partial charge in [-0.25, -0.2) is 0 Å². The Morgan fingerprint density at radius 2 is 1.81 bits per heavy atom. The van der Waals surface area contributed by atoms with Crippen molar-refractivity contribution < 1.29 is 4.74 Å². The van der Waals surface area contributed by atoms with E-state index in [1.165, 1.54) is 11.1 Å². The number of aliphatic imine (C=N–C) groups is 1. The number of likely N-dealkylation sites (tertiary alicyclic amines) is 1. The van der Waals surface area contributed by atoms with E-state index >= 15 is 0 Å². The van der Waals surface area contributed by atoms with Gasteiger partial charge in [-0.15, -0.1) is 0 Å². The van der Waals surface area contributed by atoms with Crippen LogP contribution in [0.4, 0.5) is 0 Å². The molecule has 0 radical (unpaired) electrons. The number of rotatable bonds is 6. The largest absolute Gasteiger partial charge is 0.497 e. The van der Waals surface area contributed by atoms with Crippen molar-refractivity contribution in [3.63, 3.8) is 0 Å². The first kappa shape index (κ1) is 19.2. The first-order valence-corrected chi connectivity index (χ1v) is 9.63. The van der Waals surface area contributed by atoms with E-state index in [1.807, 2.05) is 25.2 Å². The van der Waals surface area contributed by atoms with Crippen molar-refractivity contribution in [3.05, 3.63) is 65.7 Å². The molecule has 0 amide bonds. The van der Waals surface area contributed by atoms with Gasteiger partial charge >= 0.3 is 0 Å². The van der Waals surface area contributed by atoms with E-state index in [1.54, 1.807) is 7.11 Å². The molecule has 1 saturated heterocycles. The van der Waals surface area contributed by atoms with E-state index in [0.717, 1.165) is 50.7 Å². The van der Waals surface area contributed by atoms with Crippen LogP contribution in [0.3, 0.4) is 0 Å². The van der Waals surface area contributed by atoms with Gasteiger partial charge in [-0.05, 0) is 36.1 Å². The molecule has 1 aliphatic rings. The molecular weight excluding hydrogens is 336 g/mol. The molecule has 5 heteroatoms. The summed E-state index contributed by atoms with van der Waals surface area (Å²) >= 11 is 0. The number of guanidine groups is 1. The summed E-state index contributed by atoms with van der Waals surface area (Å²) in [7, 11) is 3.52. The van der Waals surface area contributed by atoms with Gasteiger partial charge in [0.25, 0.3) is 0 Å². The molecule has 2 N–H and O–H groups in total. The number of piperidine rings is 1. The molecule has 2 aromatic carbocycles. The second-order valence-electron chi connectivity index (χ2n) is 6.96. The predicted octanol–water partition coefficient (Wildman–Crippen LogP) is 3.02. The lowest BCUT2D eigenvalue weighted by Crippen LogP contribution is -2.48. The smallest absolute Gasteiger partial charge is 0.191 e. The summed E-state index contributed by atoms with van der Waals surface area (Å²) in [5.41, 5.74) is 2.56. The lowest BCUT2D eigenvalue weighted by molar-refractivity contribution is 0.198. The summed E-state index contributed by atoms with van der Waals surface area (Å²) in [6, 6.07) is 19.3. The molecule has 0 aromatic heterocycles. The minimum atomic E-state index is 0.466. The highest BCUT2D eigenvalue weighted by molar-refractivity contribution is 5.79. The predicted molar refractivity (Wildman–Crippen MR) is 111 cm³/mol. The Labute approximate surface area is 162 Å². The molecule has 0 bridgehead atoms. The molecule has 3 rings (SSSR count). The van der Waals surface area contributed by atoms with Gasteiger partial charge in [-0.2, -0.15) is 0 Å². The highest BCUT2D eigenvalue weighted by atomic mass is 16.5. The van der Waals surface area contributed by atoms with Crippen LogP contribution < -0.4 is 15.4 Å². The summed E-state index contributed by atoms with van der Waals surface area (Å²) in [4.78, 5) is 6.90. The minimum absolute atomic E-state index is 0.466. The summed E-state index contributed by atoms with van der Waals surface area (Å²) < 4.78 is 5.28. The summed E-state index contributed by atoms with van der Waals surface area (Å²) in [6.07, 6.45) is 2.26. The monoisotopic (exact) mass is 366 g/mol. The van der Waals surface area contributed by atoms with Gasteiger partial charge in [0.2, 0.25) is 0 Å². The molecule has 1 fully saturated rings. The van der Waals surface area contributed by atoms with Crippen molar-refractivity contribution >= 4 is 5.96 Å². The first-order valence-electron chi connectivity index (χ1n) is 9.63. The highest BCUT2D eigenvalue weighted by Crippen LogP contribution is 2.14. The van der Waals surface area contributed by atoms with Gasteiger partial charge in [-0.1, -0.05) is 42.5 Å². The van der Waals surface area contributed by atoms with Crippen LogP contribution in [0.25, 0.3) is 0 Å². The van der Waals surface area contributed by atoms with Crippen molar-refractivity contribution in [2.75, 3.05) is 27.2 Å². The van der Waals surface area contributed by atoms with E-state index in [-0.39, 0.29) is 0 Å². The van der Waals surface area contributed by atoms with Crippen molar-refractivity contribution in [3.8, 4) is 5.75 Å². The molecule has 0 saturated carbocycles. The van der Waals surface area contributed by atoms with Crippen LogP contribution in [0.1, 0.15) is 24.0 Å². The Balaban J connectivity index is 1.43. The van der Waals surface area contributed by atoms with Crippen molar-refractivity contribution in [2.24, 2.45) is 4.99 Å². The third-order valence-corrected chi connectivity index (χ3v) is 5.00. The average Bonchev–Trinajstić information content (AvgIpc) is 2.73. The molecule has 0 spiro atoms. The fourth-order valence-electron chi connectivity index (χ4n) is 3.43. The third kappa shape index (κ3) is 6.00. The molecule has 1 heterocycles. The Kier molecular flexibility index (Phi) is 7.11. The van der Waals surface area contributed by atoms with E-state index in [4.69, 9.17) is 4.74 Å². The Bertz CT molecular complexity index is 724. The van der Waals surface area contributed by atoms with Crippen LogP contribution in [-0.4, -0.2) is 44.1 Å². The number of hydrogen-bond donors (Lipinski definition) is 2. The van der Waals surface area contributed by atoms with Crippen molar-refractivity contribution in [2.45, 2.75) is 32.0 Å². The fourth-order valence-corrected chi connectivity index (χ4v) is 3.43. The molecule has 1 aliphatic heterocycles. The molecule has 0 aliphatic carbocycles. The minimum Gasteiger partial charge on any atom is -0.497 e. The zero-order valence-electron chi connectivity index (χ0n) is 16.3. The van der Waals surface area contributed by atoms with Crippen LogP contribution in [0.5, 0.6) is 5.75 Å². The zero-order chi connectivity index (χ0) is 18.9. The average molecular weight is 367 g/mol. The van der Waals surface area contributed by atoms with Crippen molar-refractivity contribution in [1.82, 2.24) is 15.5 Å². The Morgan fingerprint density at radius 1 is 1.07 bits per heavy atom. The van der Waals surface area contributed by atoms with Gasteiger partial charge in [0.15, 0.2) is 5.96 Å². The third-order valence-electron chi connectivity index (χ3n) is 5.00. The standard InChI is InChI=1S/C22H30N4O/c1-23-22(24-16-19-9-6-10-21(15-19)27-2)25-20-11-13-26(14-12-20)17-18-7-4-3-5-8-18/h3-10,15,20H,11-14,16-17H2,1-2H3,(H2,23,24,25). The van der Waals surface area contributed by atoms with Crippen LogP contribution in [0.2, 0.25) is 0 Å². The SMILES string of the molecule is CN=C(NCc1cccc(OC)c1)NC1CCN(Cc2ccccc2)CC1. The fraction of sp³-hybridized carbons (Fsp3) is 0.409. The Morgan fingerprint density at radius 3 is 2.52 bits per heavy atom. The van der Waals surface area contributed by atoms with Gasteiger partial charge in [0, 0.05) is 39.3 Å². The van der Waals surface area contributed by atoms with Gasteiger partial charge in [0.05, 0.1) is 7.11 Å². The molecule has 2 aromatic rings. The maximum absolute atomic E-state index is 5.28. The summed E-state index contributed by atoms with van der Waals surface area (Å²) in [5, 5.41) is 6.97. The molecule has 0 unspecified atom stereocenters. The number of methoxy groups -OCH3 is 1. The highest BCUT2D eigenvalue weighted by Gasteiger charge is 2.20. The maximum Gasteiger partial charge on any atom is 0.191 e. The zero-order valence-corrected chi connectivity index (χ0v) is 16.3. The lowest BCUT2D eigenvalue weighted by atomic mass is 10.0. The molecule has 27 heavy (non-hydrogen) atoms. The van der Waals surface area contributed by atoms with Crippen LogP contribution in [0, 0.1) is 0 Å². The summed E-state index contributed by atoms with van der Waals surface area (Å²) in [6.45, 7) is 3.99. The topological polar surface area (TPSA) is 48.9 Å². The summed E-state index contributed by atoms with van der Waals surface area (Å²) in [5.74, 6) is 1.74. The second-order valence-corrected chi connectivity index (χ2v) is 6.96. The van der Waals surface area contributed by atoms with Crippen LogP contribution in [0.15, 0.2) is 59.6 Å². The molecule has 5 nitrogen and oxygen atoms in total. The molecule has 0 atom stereocenters. The number of nitrogens with one attached hydrogen (secondary N) is 2. The molecular formula is C22H30N4O. The second kappa shape index (κ2) is 9.97.